The molecule has 0 aromatic carbocycles. The summed E-state index contributed by atoms with van der Waals surface area (Å²) in [6, 6.07) is -0.545. The van der Waals surface area contributed by atoms with E-state index in [0.29, 0.717) is 35.4 Å². The van der Waals surface area contributed by atoms with Crippen LogP contribution < -0.4 is 27.7 Å². The number of alkyl carbamates (subject to hydrolysis) is 1. The number of aromatic nitrogens is 12. The first kappa shape index (κ1) is 64.5. The van der Waals surface area contributed by atoms with Crippen LogP contribution in [0, 0.1) is 17.4 Å². The largest absolute Gasteiger partial charge is 0.445 e. The van der Waals surface area contributed by atoms with Gasteiger partial charge in [0.25, 0.3) is 11.8 Å². The molecule has 0 saturated heterocycles. The Balaban J connectivity index is 0.000000347. The van der Waals surface area contributed by atoms with E-state index in [1.165, 1.54) is 38.7 Å². The molecular formula is C44H56Cl4N18O10. The molecule has 0 unspecified atom stereocenters. The molecule has 6 N–H and O–H groups in total. The van der Waals surface area contributed by atoms with Gasteiger partial charge in [0.1, 0.15) is 25.6 Å². The van der Waals surface area contributed by atoms with Crippen LogP contribution in [0.25, 0.3) is 11.3 Å². The number of primary amides is 1. The minimum absolute atomic E-state index is 0.0378. The predicted molar refractivity (Wildman–Crippen MR) is 279 cm³/mol. The van der Waals surface area contributed by atoms with Crippen molar-refractivity contribution >= 4 is 99.4 Å². The second-order valence-electron chi connectivity index (χ2n) is 15.7. The van der Waals surface area contributed by atoms with E-state index in [2.05, 4.69) is 82.5 Å². The van der Waals surface area contributed by atoms with Crippen LogP contribution in [0.4, 0.5) is 15.4 Å². The first-order valence-corrected chi connectivity index (χ1v) is 24.5. The zero-order valence-corrected chi connectivity index (χ0v) is 44.9. The number of imide groups is 1. The lowest BCUT2D eigenvalue weighted by Crippen LogP contribution is -2.33. The zero-order valence-electron chi connectivity index (χ0n) is 41.9. The number of aliphatic hydroxyl groups excluding tert-OH is 1. The van der Waals surface area contributed by atoms with Crippen LogP contribution >= 0.6 is 46.4 Å². The average molecular weight is 1140 g/mol. The van der Waals surface area contributed by atoms with E-state index in [9.17, 15) is 38.4 Å². The Morgan fingerprint density at radius 3 is 1.70 bits per heavy atom. The van der Waals surface area contributed by atoms with E-state index in [0.717, 1.165) is 91.0 Å². The van der Waals surface area contributed by atoms with Crippen LogP contribution in [-0.2, 0) is 23.6 Å². The number of hydrogen-bond donors (Lipinski definition) is 5. The number of nitrogens with two attached hydrogens (primary N) is 1. The second kappa shape index (κ2) is 33.3. The number of aryl methyl sites for hydroxylation is 2. The topological polar surface area (TPSA) is 379 Å². The number of aliphatic hydroxyl groups is 1. The number of alkyl halides is 4. The number of ether oxygens (including phenoxy) is 1. The maximum atomic E-state index is 12.2. The van der Waals surface area contributed by atoms with E-state index in [1.807, 2.05) is 13.0 Å². The summed E-state index contributed by atoms with van der Waals surface area (Å²) in [7, 11) is 4.23. The molecule has 2 atom stereocenters. The molecule has 0 radical (unpaired) electrons. The minimum Gasteiger partial charge on any atom is -0.445 e. The van der Waals surface area contributed by atoms with Gasteiger partial charge in [0, 0.05) is 44.7 Å². The van der Waals surface area contributed by atoms with Gasteiger partial charge in [-0.3, -0.25) is 19.7 Å². The van der Waals surface area contributed by atoms with Crippen molar-refractivity contribution in [2.75, 3.05) is 43.8 Å². The lowest BCUT2D eigenvalue weighted by atomic mass is 9.86. The number of carbonyl (C=O) groups excluding carboxylic acids is 6. The van der Waals surface area contributed by atoms with Crippen molar-refractivity contribution in [1.29, 1.82) is 5.53 Å². The fraction of sp³-hybridized carbons (Fsp3) is 0.432. The fourth-order valence-electron chi connectivity index (χ4n) is 6.35. The smallest absolute Gasteiger partial charge is 0.414 e. The van der Waals surface area contributed by atoms with Crippen molar-refractivity contribution in [3.05, 3.63) is 105 Å². The number of carbonyl (C=O) groups is 5. The highest BCUT2D eigenvalue weighted by molar-refractivity contribution is 6.26. The van der Waals surface area contributed by atoms with Crippen LogP contribution in [0.15, 0.2) is 86.3 Å². The van der Waals surface area contributed by atoms with Crippen LogP contribution in [0.2, 0.25) is 0 Å². The average Bonchev–Trinajstić information content (AvgIpc) is 4.19. The first-order valence-electron chi connectivity index (χ1n) is 22.3. The Hall–Kier alpha value is -7.62. The van der Waals surface area contributed by atoms with Gasteiger partial charge in [-0.05, 0) is 75.4 Å². The number of aliphatic imine (C=N–C) groups is 1. The lowest BCUT2D eigenvalue weighted by molar-refractivity contribution is 0.0920. The summed E-state index contributed by atoms with van der Waals surface area (Å²) in [5.41, 5.74) is 14.7. The van der Waals surface area contributed by atoms with Crippen molar-refractivity contribution in [2.45, 2.75) is 52.4 Å². The Kier molecular flexibility index (Phi) is 28.3. The molecule has 0 aliphatic heterocycles. The van der Waals surface area contributed by atoms with Crippen molar-refractivity contribution in [3.8, 4) is 0 Å². The molecule has 0 bridgehead atoms. The number of allylic oxidation sites excluding steroid dienone is 4. The van der Waals surface area contributed by atoms with Crippen molar-refractivity contribution < 1.29 is 38.6 Å². The van der Waals surface area contributed by atoms with Gasteiger partial charge in [0.15, 0.2) is 34.2 Å². The highest BCUT2D eigenvalue weighted by atomic mass is 35.5. The predicted octanol–water partition coefficient (Wildman–Crippen LogP) is 4.33. The summed E-state index contributed by atoms with van der Waals surface area (Å²) in [5.74, 6) is 0.602. The van der Waals surface area contributed by atoms with E-state index >= 15 is 0 Å². The van der Waals surface area contributed by atoms with Gasteiger partial charge >= 0.3 is 29.4 Å². The molecule has 5 heterocycles. The summed E-state index contributed by atoms with van der Waals surface area (Å²) in [5, 5.41) is 30.7. The van der Waals surface area contributed by atoms with Crippen molar-refractivity contribution in [3.63, 3.8) is 0 Å². The number of imidazole rings is 3. The first-order chi connectivity index (χ1) is 36.2. The molecule has 5 aromatic heterocycles. The monoisotopic (exact) mass is 1140 g/mol. The zero-order chi connectivity index (χ0) is 57.1. The van der Waals surface area contributed by atoms with E-state index in [4.69, 9.17) is 67.5 Å². The Labute approximate surface area is 453 Å². The third kappa shape index (κ3) is 19.3. The molecule has 410 valence electrons. The summed E-state index contributed by atoms with van der Waals surface area (Å²) < 4.78 is 10.1. The number of hydrogen-bond acceptors (Lipinski definition) is 19. The maximum absolute atomic E-state index is 12.2. The van der Waals surface area contributed by atoms with Gasteiger partial charge in [-0.1, -0.05) is 46.9 Å². The van der Waals surface area contributed by atoms with E-state index < -0.39 is 41.2 Å². The molecule has 7 rings (SSSR count). The van der Waals surface area contributed by atoms with Crippen LogP contribution in [0.5, 0.6) is 0 Å². The molecule has 28 nitrogen and oxygen atoms in total. The molecule has 32 heteroatoms. The number of nitrogens with one attached hydrogen (secondary N) is 3. The van der Waals surface area contributed by atoms with Crippen molar-refractivity contribution in [2.24, 2.45) is 41.8 Å². The molecule has 2 aliphatic rings. The number of amides is 5. The quantitative estimate of drug-likeness (QED) is 0.0404. The second-order valence-corrected chi connectivity index (χ2v) is 17.2. The van der Waals surface area contributed by atoms with Crippen LogP contribution in [-0.4, -0.2) is 143 Å². The van der Waals surface area contributed by atoms with Gasteiger partial charge in [-0.2, -0.15) is 9.36 Å². The van der Waals surface area contributed by atoms with E-state index in [1.54, 1.807) is 0 Å². The summed E-state index contributed by atoms with van der Waals surface area (Å²) >= 11 is 20.2. The van der Waals surface area contributed by atoms with Crippen molar-refractivity contribution in [1.82, 2.24) is 68.9 Å². The highest BCUT2D eigenvalue weighted by Crippen LogP contribution is 2.29. The number of nitrogens with zero attached hydrogens (tertiary/aromatic N) is 14. The SMILES string of the molecule is C=C(C)[C@@H]1CC=C(CO)CC1.C=C(C)[C@@H]1CC=C(COC(=O)NC(=O)c2ncn3c(=O)n(C)nnc23)CC1.CNC(=O)n1cnc(C(N)=O)c1N=N.ClCCCl.ClCCCl.Cn1nnc2c(C(=O)N=C=O)ncn2c1=O. The number of fused-ring (bicyclic) bond motifs is 2. The Morgan fingerprint density at radius 1 is 0.816 bits per heavy atom. The minimum atomic E-state index is -0.917. The van der Waals surface area contributed by atoms with Gasteiger partial charge in [-0.25, -0.2) is 57.8 Å². The Bertz CT molecular complexity index is 3090. The van der Waals surface area contributed by atoms with Gasteiger partial charge in [0.2, 0.25) is 6.08 Å². The van der Waals surface area contributed by atoms with E-state index in [-0.39, 0.29) is 47.4 Å². The van der Waals surface area contributed by atoms with Crippen LogP contribution in [0.1, 0.15) is 83.8 Å². The van der Waals surface area contributed by atoms with Crippen LogP contribution in [0.3, 0.4) is 0 Å². The standard InChI is InChI=1S/C17H20N6O4.C10H16O.C7H4N6O3.C6H8N6O2.2C2H4Cl2/c1-10(2)12-6-4-11(5-7-12)8-27-16(25)19-15(24)13-14-20-21-22(3)17(26)23(14)9-18-13;1-8(2)10-5-3-9(7-11)4-6-10;1-12-7(16)13-2-8-4(5(13)10-11-12)6(15)9-3-14;1-9-6(14)12-2-10-3(4(7)13)5(12)11-8;2*3-1-2-4/h4,9,12H,1,5-8H2,2-3H3,(H,19,24,25);3,10-11H,1,4-7H2,2H3;2H,1H3;2,8H,1H3,(H2,7,13)(H,9,14);2*1-2H2/t12-;10-;;;;/m11..../s1. The molecule has 2 aliphatic carbocycles. The van der Waals surface area contributed by atoms with Gasteiger partial charge in [0.05, 0.1) is 6.61 Å². The van der Waals surface area contributed by atoms with Gasteiger partial charge < -0.3 is 20.9 Å². The molecule has 5 amide bonds. The molecule has 0 spiro atoms. The fourth-order valence-corrected chi connectivity index (χ4v) is 6.35. The number of halogens is 4. The summed E-state index contributed by atoms with van der Waals surface area (Å²) in [6.45, 7) is 12.4. The molecule has 0 saturated carbocycles. The summed E-state index contributed by atoms with van der Waals surface area (Å²) in [6.07, 6.45) is 13.7. The summed E-state index contributed by atoms with van der Waals surface area (Å²) in [4.78, 5) is 104. The lowest BCUT2D eigenvalue weighted by Gasteiger charge is -2.21. The normalized spacial score (nSPS) is 14.1. The molecule has 0 fully saturated rings. The molecule has 76 heavy (non-hydrogen) atoms. The third-order valence-electron chi connectivity index (χ3n) is 10.4. The third-order valence-corrected chi connectivity index (χ3v) is 11.6. The molecule has 5 aromatic rings. The highest BCUT2D eigenvalue weighted by Gasteiger charge is 2.22. The van der Waals surface area contributed by atoms with Gasteiger partial charge in [-0.15, -0.1) is 66.7 Å². The number of rotatable bonds is 11. The maximum Gasteiger partial charge on any atom is 0.414 e. The number of isocyanates is 1. The molecular weight excluding hydrogens is 1080 g/mol. The Morgan fingerprint density at radius 2 is 1.29 bits per heavy atom.